The molecule has 0 bridgehead atoms. The molecule has 1 heterocycles. The third-order valence-corrected chi connectivity index (χ3v) is 4.65. The van der Waals surface area contributed by atoms with Crippen LogP contribution in [0.15, 0.2) is 42.5 Å². The Kier molecular flexibility index (Phi) is 6.37. The molecule has 1 saturated heterocycles. The third kappa shape index (κ3) is 4.73. The number of nitrogens with zero attached hydrogens (tertiary/aromatic N) is 1. The second-order valence-electron chi connectivity index (χ2n) is 6.58. The summed E-state index contributed by atoms with van der Waals surface area (Å²) in [5.74, 6) is 1.00. The highest BCUT2D eigenvalue weighted by atomic mass is 16.5. The van der Waals surface area contributed by atoms with Crippen molar-refractivity contribution in [1.82, 2.24) is 4.90 Å². The molecular weight excluding hydrogens is 358 g/mol. The molecule has 2 aromatic rings. The van der Waals surface area contributed by atoms with E-state index in [0.29, 0.717) is 22.9 Å². The number of carbonyl (C=O) groups is 2. The number of benzene rings is 2. The number of hydrogen-bond donors (Lipinski definition) is 2. The summed E-state index contributed by atoms with van der Waals surface area (Å²) in [6.45, 7) is 1.53. The van der Waals surface area contributed by atoms with Gasteiger partial charge < -0.3 is 25.0 Å². The van der Waals surface area contributed by atoms with Gasteiger partial charge in [0, 0.05) is 13.1 Å². The van der Waals surface area contributed by atoms with Crippen LogP contribution in [0, 0.1) is 0 Å². The van der Waals surface area contributed by atoms with Crippen molar-refractivity contribution in [2.24, 2.45) is 0 Å². The van der Waals surface area contributed by atoms with Crippen molar-refractivity contribution in [3.8, 4) is 11.5 Å². The van der Waals surface area contributed by atoms with Gasteiger partial charge >= 0.3 is 6.03 Å². The predicted molar refractivity (Wildman–Crippen MR) is 108 cm³/mol. The Labute approximate surface area is 164 Å². The van der Waals surface area contributed by atoms with Gasteiger partial charge in [-0.15, -0.1) is 0 Å². The molecule has 2 aromatic carbocycles. The lowest BCUT2D eigenvalue weighted by Crippen LogP contribution is -2.32. The minimum atomic E-state index is -0.185. The zero-order chi connectivity index (χ0) is 19.9. The summed E-state index contributed by atoms with van der Waals surface area (Å²) >= 11 is 0. The van der Waals surface area contributed by atoms with Crippen molar-refractivity contribution < 1.29 is 19.1 Å². The van der Waals surface area contributed by atoms with Crippen molar-refractivity contribution in [3.05, 3.63) is 48.0 Å². The quantitative estimate of drug-likeness (QED) is 0.800. The van der Waals surface area contributed by atoms with Crippen LogP contribution in [0.5, 0.6) is 11.5 Å². The van der Waals surface area contributed by atoms with Crippen LogP contribution in [0.25, 0.3) is 0 Å². The number of para-hydroxylation sites is 2. The van der Waals surface area contributed by atoms with Crippen molar-refractivity contribution in [1.29, 1.82) is 0 Å². The maximum absolute atomic E-state index is 12.5. The van der Waals surface area contributed by atoms with Crippen LogP contribution in [0.3, 0.4) is 0 Å². The van der Waals surface area contributed by atoms with Gasteiger partial charge in [-0.25, -0.2) is 4.79 Å². The Morgan fingerprint density at radius 2 is 1.57 bits per heavy atom. The Hall–Kier alpha value is -3.22. The van der Waals surface area contributed by atoms with Crippen molar-refractivity contribution >= 4 is 23.3 Å². The molecule has 0 saturated carbocycles. The predicted octanol–water partition coefficient (Wildman–Crippen LogP) is 3.51. The van der Waals surface area contributed by atoms with E-state index in [0.717, 1.165) is 31.5 Å². The maximum Gasteiger partial charge on any atom is 0.321 e. The van der Waals surface area contributed by atoms with Crippen molar-refractivity contribution in [2.75, 3.05) is 37.9 Å². The van der Waals surface area contributed by atoms with Gasteiger partial charge in [0.15, 0.2) is 11.5 Å². The van der Waals surface area contributed by atoms with Gasteiger partial charge in [0.2, 0.25) is 5.91 Å². The van der Waals surface area contributed by atoms with Crippen molar-refractivity contribution in [3.63, 3.8) is 0 Å². The first-order chi connectivity index (χ1) is 13.6. The molecule has 7 nitrogen and oxygen atoms in total. The molecule has 0 aromatic heterocycles. The molecule has 28 heavy (non-hydrogen) atoms. The standard InChI is InChI=1S/C21H25N3O4/c1-27-18-10-9-15(13-19(18)28-2)14-20(25)22-16-7-3-4-8-17(16)23-21(26)24-11-5-6-12-24/h3-4,7-10,13H,5-6,11-12,14H2,1-2H3,(H,22,25)(H,23,26). The lowest BCUT2D eigenvalue weighted by Gasteiger charge is -2.18. The average Bonchev–Trinajstić information content (AvgIpc) is 3.24. The fourth-order valence-electron chi connectivity index (χ4n) is 3.19. The topological polar surface area (TPSA) is 79.9 Å². The number of rotatable bonds is 6. The molecule has 1 aliphatic rings. The SMILES string of the molecule is COc1ccc(CC(=O)Nc2ccccc2NC(=O)N2CCCC2)cc1OC. The summed E-state index contributed by atoms with van der Waals surface area (Å²) in [5, 5.41) is 5.77. The van der Waals surface area contributed by atoms with Gasteiger partial charge in [-0.1, -0.05) is 18.2 Å². The van der Waals surface area contributed by atoms with Crippen LogP contribution in [-0.4, -0.2) is 44.1 Å². The smallest absolute Gasteiger partial charge is 0.321 e. The zero-order valence-electron chi connectivity index (χ0n) is 16.2. The summed E-state index contributed by atoms with van der Waals surface area (Å²) in [5.41, 5.74) is 1.95. The maximum atomic E-state index is 12.5. The molecular formula is C21H25N3O4. The van der Waals surface area contributed by atoms with Crippen LogP contribution in [0.4, 0.5) is 16.2 Å². The highest BCUT2D eigenvalue weighted by Gasteiger charge is 2.19. The fourth-order valence-corrected chi connectivity index (χ4v) is 3.19. The van der Waals surface area contributed by atoms with E-state index in [1.54, 1.807) is 43.4 Å². The van der Waals surface area contributed by atoms with Gasteiger partial charge in [0.1, 0.15) is 0 Å². The monoisotopic (exact) mass is 383 g/mol. The van der Waals surface area contributed by atoms with Crippen molar-refractivity contribution in [2.45, 2.75) is 19.3 Å². The van der Waals surface area contributed by atoms with Crippen LogP contribution in [0.1, 0.15) is 18.4 Å². The molecule has 3 amide bonds. The highest BCUT2D eigenvalue weighted by Crippen LogP contribution is 2.28. The molecule has 1 aliphatic heterocycles. The molecule has 148 valence electrons. The number of urea groups is 1. The summed E-state index contributed by atoms with van der Waals surface area (Å²) in [7, 11) is 3.12. The molecule has 0 unspecified atom stereocenters. The van der Waals surface area contributed by atoms with E-state index in [9.17, 15) is 9.59 Å². The average molecular weight is 383 g/mol. The van der Waals surface area contributed by atoms with Gasteiger partial charge in [-0.05, 0) is 42.7 Å². The van der Waals surface area contributed by atoms with Crippen LogP contribution in [0.2, 0.25) is 0 Å². The van der Waals surface area contributed by atoms with E-state index in [1.165, 1.54) is 0 Å². The molecule has 0 atom stereocenters. The van der Waals surface area contributed by atoms with Gasteiger partial charge in [-0.3, -0.25) is 4.79 Å². The van der Waals surface area contributed by atoms with Crippen LogP contribution >= 0.6 is 0 Å². The van der Waals surface area contributed by atoms with E-state index in [2.05, 4.69) is 10.6 Å². The Balaban J connectivity index is 1.66. The summed E-state index contributed by atoms with van der Waals surface area (Å²) in [4.78, 5) is 26.7. The van der Waals surface area contributed by atoms with Crippen LogP contribution < -0.4 is 20.1 Å². The molecule has 3 rings (SSSR count). The number of hydrogen-bond acceptors (Lipinski definition) is 4. The van der Waals surface area contributed by atoms with Gasteiger partial charge in [0.05, 0.1) is 32.0 Å². The number of likely N-dealkylation sites (tertiary alicyclic amines) is 1. The van der Waals surface area contributed by atoms with Gasteiger partial charge in [0.25, 0.3) is 0 Å². The second kappa shape index (κ2) is 9.12. The Morgan fingerprint density at radius 3 is 2.21 bits per heavy atom. The van der Waals surface area contributed by atoms with E-state index >= 15 is 0 Å². The fraction of sp³-hybridized carbons (Fsp3) is 0.333. The molecule has 1 fully saturated rings. The van der Waals surface area contributed by atoms with Gasteiger partial charge in [-0.2, -0.15) is 0 Å². The van der Waals surface area contributed by atoms with E-state index in [4.69, 9.17) is 9.47 Å². The lowest BCUT2D eigenvalue weighted by molar-refractivity contribution is -0.115. The molecule has 0 spiro atoms. The number of amides is 3. The van der Waals surface area contributed by atoms with Crippen LogP contribution in [-0.2, 0) is 11.2 Å². The first-order valence-electron chi connectivity index (χ1n) is 9.26. The first kappa shape index (κ1) is 19.5. The summed E-state index contributed by atoms with van der Waals surface area (Å²) < 4.78 is 10.5. The highest BCUT2D eigenvalue weighted by molar-refractivity contribution is 5.99. The Morgan fingerprint density at radius 1 is 0.929 bits per heavy atom. The minimum Gasteiger partial charge on any atom is -0.493 e. The van der Waals surface area contributed by atoms with E-state index in [1.807, 2.05) is 18.2 Å². The third-order valence-electron chi connectivity index (χ3n) is 4.65. The number of anilines is 2. The minimum absolute atomic E-state index is 0.140. The number of ether oxygens (including phenoxy) is 2. The van der Waals surface area contributed by atoms with E-state index < -0.39 is 0 Å². The zero-order valence-corrected chi connectivity index (χ0v) is 16.2. The molecule has 7 heteroatoms. The first-order valence-corrected chi connectivity index (χ1v) is 9.26. The second-order valence-corrected chi connectivity index (χ2v) is 6.58. The number of carbonyl (C=O) groups excluding carboxylic acids is 2. The Bertz CT molecular complexity index is 847. The normalized spacial score (nSPS) is 13.1. The molecule has 0 radical (unpaired) electrons. The molecule has 0 aliphatic carbocycles. The molecule has 2 N–H and O–H groups in total. The lowest BCUT2D eigenvalue weighted by atomic mass is 10.1. The summed E-state index contributed by atoms with van der Waals surface area (Å²) in [6.07, 6.45) is 2.23. The number of methoxy groups -OCH3 is 2. The largest absolute Gasteiger partial charge is 0.493 e. The number of nitrogens with one attached hydrogen (secondary N) is 2. The summed E-state index contributed by atoms with van der Waals surface area (Å²) in [6, 6.07) is 12.4. The van der Waals surface area contributed by atoms with E-state index in [-0.39, 0.29) is 18.4 Å².